The first-order valence-electron chi connectivity index (χ1n) is 6.03. The van der Waals surface area contributed by atoms with Gasteiger partial charge in [0.1, 0.15) is 12.3 Å². The van der Waals surface area contributed by atoms with E-state index in [0.29, 0.717) is 4.47 Å². The molecule has 0 heterocycles. The third kappa shape index (κ3) is 4.38. The molecule has 0 fully saturated rings. The van der Waals surface area contributed by atoms with Crippen molar-refractivity contribution in [3.05, 3.63) is 40.9 Å². The van der Waals surface area contributed by atoms with Gasteiger partial charge >= 0.3 is 5.97 Å². The van der Waals surface area contributed by atoms with E-state index in [1.807, 2.05) is 0 Å². The highest BCUT2D eigenvalue weighted by Crippen LogP contribution is 2.24. The minimum atomic E-state index is -0.482. The van der Waals surface area contributed by atoms with Crippen LogP contribution in [0.15, 0.2) is 35.3 Å². The molecule has 5 nitrogen and oxygen atoms in total. The van der Waals surface area contributed by atoms with Crippen molar-refractivity contribution in [1.29, 1.82) is 0 Å². The lowest BCUT2D eigenvalue weighted by Gasteiger charge is -2.20. The number of rotatable bonds is 6. The number of ether oxygens (including phenoxy) is 1. The molecule has 6 heteroatoms. The third-order valence-corrected chi connectivity index (χ3v) is 3.13. The summed E-state index contributed by atoms with van der Waals surface area (Å²) < 4.78 is 5.32. The van der Waals surface area contributed by atoms with Gasteiger partial charge in [0, 0.05) is 12.1 Å². The van der Waals surface area contributed by atoms with Crippen LogP contribution in [-0.2, 0) is 9.53 Å². The molecule has 1 rings (SSSR count). The first kappa shape index (κ1) is 16.2. The topological polar surface area (TPSA) is 66.8 Å². The number of amides is 1. The zero-order valence-electron chi connectivity index (χ0n) is 11.1. The molecule has 0 saturated heterocycles. The van der Waals surface area contributed by atoms with Crippen molar-refractivity contribution >= 4 is 27.8 Å². The Balaban J connectivity index is 2.89. The molecule has 0 bridgehead atoms. The molecule has 0 radical (unpaired) electrons. The number of phenols is 1. The number of carbonyl (C=O) groups excluding carboxylic acids is 2. The molecule has 1 amide bonds. The van der Waals surface area contributed by atoms with Crippen LogP contribution in [-0.4, -0.2) is 41.6 Å². The number of hydrogen-bond acceptors (Lipinski definition) is 4. The Bertz CT molecular complexity index is 516. The van der Waals surface area contributed by atoms with Crippen molar-refractivity contribution in [1.82, 2.24) is 4.90 Å². The van der Waals surface area contributed by atoms with E-state index in [0.717, 1.165) is 0 Å². The van der Waals surface area contributed by atoms with Crippen LogP contribution in [0.3, 0.4) is 0 Å². The second-order valence-electron chi connectivity index (χ2n) is 3.95. The first-order chi connectivity index (χ1) is 9.49. The van der Waals surface area contributed by atoms with Gasteiger partial charge in [-0.25, -0.2) is 0 Å². The fourth-order valence-corrected chi connectivity index (χ4v) is 1.81. The number of halogens is 1. The standard InChI is InChI=1S/C14H16BrNO4/c1-3-7-16(9-13(18)20-4-2)14(19)10-5-6-11(15)12(17)8-10/h3,5-6,8,17H,1,4,7,9H2,2H3. The number of nitrogens with zero attached hydrogens (tertiary/aromatic N) is 1. The Morgan fingerprint density at radius 2 is 2.20 bits per heavy atom. The van der Waals surface area contributed by atoms with Gasteiger partial charge in [0.15, 0.2) is 0 Å². The molecule has 0 aliphatic heterocycles. The molecule has 0 unspecified atom stereocenters. The van der Waals surface area contributed by atoms with Crippen LogP contribution in [0.5, 0.6) is 5.75 Å². The summed E-state index contributed by atoms with van der Waals surface area (Å²) in [5, 5.41) is 9.60. The summed E-state index contributed by atoms with van der Waals surface area (Å²) in [6, 6.07) is 4.47. The Morgan fingerprint density at radius 1 is 1.50 bits per heavy atom. The van der Waals surface area contributed by atoms with Crippen LogP contribution in [0.1, 0.15) is 17.3 Å². The van der Waals surface area contributed by atoms with Gasteiger partial charge in [-0.05, 0) is 41.1 Å². The number of phenolic OH excluding ortho intramolecular Hbond substituents is 1. The summed E-state index contributed by atoms with van der Waals surface area (Å²) in [6.07, 6.45) is 1.52. The van der Waals surface area contributed by atoms with Gasteiger partial charge in [-0.1, -0.05) is 6.08 Å². The number of carbonyl (C=O) groups is 2. The number of benzene rings is 1. The number of hydrogen-bond donors (Lipinski definition) is 1. The molecule has 0 saturated carbocycles. The average Bonchev–Trinajstić information content (AvgIpc) is 2.41. The largest absolute Gasteiger partial charge is 0.507 e. The van der Waals surface area contributed by atoms with Crippen molar-refractivity contribution < 1.29 is 19.4 Å². The van der Waals surface area contributed by atoms with Crippen LogP contribution in [0.2, 0.25) is 0 Å². The molecule has 0 aliphatic rings. The lowest BCUT2D eigenvalue weighted by atomic mass is 10.2. The average molecular weight is 342 g/mol. The second kappa shape index (κ2) is 7.69. The van der Waals surface area contributed by atoms with Gasteiger partial charge in [-0.15, -0.1) is 6.58 Å². The van der Waals surface area contributed by atoms with Gasteiger partial charge in [-0.2, -0.15) is 0 Å². The molecule has 20 heavy (non-hydrogen) atoms. The summed E-state index contributed by atoms with van der Waals surface area (Å²) in [5.41, 5.74) is 0.289. The second-order valence-corrected chi connectivity index (χ2v) is 4.80. The van der Waals surface area contributed by atoms with Crippen molar-refractivity contribution in [3.8, 4) is 5.75 Å². The normalized spacial score (nSPS) is 9.90. The smallest absolute Gasteiger partial charge is 0.325 e. The Kier molecular flexibility index (Phi) is 6.24. The van der Waals surface area contributed by atoms with Crippen molar-refractivity contribution in [2.75, 3.05) is 19.7 Å². The van der Waals surface area contributed by atoms with E-state index >= 15 is 0 Å². The highest BCUT2D eigenvalue weighted by atomic mass is 79.9. The minimum Gasteiger partial charge on any atom is -0.507 e. The van der Waals surface area contributed by atoms with Crippen LogP contribution in [0.4, 0.5) is 0 Å². The molecule has 1 N–H and O–H groups in total. The summed E-state index contributed by atoms with van der Waals surface area (Å²) in [5.74, 6) is -0.893. The zero-order chi connectivity index (χ0) is 15.1. The molecule has 1 aromatic carbocycles. The molecule has 0 aromatic heterocycles. The van der Waals surface area contributed by atoms with E-state index in [2.05, 4.69) is 22.5 Å². The molecular formula is C14H16BrNO4. The van der Waals surface area contributed by atoms with Gasteiger partial charge in [0.2, 0.25) is 0 Å². The monoisotopic (exact) mass is 341 g/mol. The Labute approximate surface area is 126 Å². The third-order valence-electron chi connectivity index (χ3n) is 2.46. The number of esters is 1. The maximum atomic E-state index is 12.3. The summed E-state index contributed by atoms with van der Waals surface area (Å²) in [4.78, 5) is 25.1. The molecule has 1 aromatic rings. The highest BCUT2D eigenvalue weighted by Gasteiger charge is 2.19. The van der Waals surface area contributed by atoms with Crippen molar-refractivity contribution in [2.24, 2.45) is 0 Å². The fourth-order valence-electron chi connectivity index (χ4n) is 1.57. The quantitative estimate of drug-likeness (QED) is 0.637. The van der Waals surface area contributed by atoms with E-state index in [1.54, 1.807) is 19.1 Å². The minimum absolute atomic E-state index is 0.0365. The van der Waals surface area contributed by atoms with E-state index in [4.69, 9.17) is 4.74 Å². The molecule has 0 aliphatic carbocycles. The van der Waals surface area contributed by atoms with Crippen LogP contribution in [0.25, 0.3) is 0 Å². The van der Waals surface area contributed by atoms with E-state index in [9.17, 15) is 14.7 Å². The van der Waals surface area contributed by atoms with Crippen molar-refractivity contribution in [3.63, 3.8) is 0 Å². The predicted molar refractivity (Wildman–Crippen MR) is 78.5 cm³/mol. The Hall–Kier alpha value is -1.82. The molecule has 0 atom stereocenters. The lowest BCUT2D eigenvalue weighted by Crippen LogP contribution is -2.36. The summed E-state index contributed by atoms with van der Waals surface area (Å²) in [6.45, 7) is 5.57. The SMILES string of the molecule is C=CCN(CC(=O)OCC)C(=O)c1ccc(Br)c(O)c1. The summed E-state index contributed by atoms with van der Waals surface area (Å²) >= 11 is 3.14. The van der Waals surface area contributed by atoms with E-state index < -0.39 is 5.97 Å². The highest BCUT2D eigenvalue weighted by molar-refractivity contribution is 9.10. The zero-order valence-corrected chi connectivity index (χ0v) is 12.7. The van der Waals surface area contributed by atoms with Gasteiger partial charge in [0.25, 0.3) is 5.91 Å². The first-order valence-corrected chi connectivity index (χ1v) is 6.83. The predicted octanol–water partition coefficient (Wildman–Crippen LogP) is 2.35. The molecule has 108 valence electrons. The number of aromatic hydroxyl groups is 1. The maximum Gasteiger partial charge on any atom is 0.325 e. The van der Waals surface area contributed by atoms with Crippen LogP contribution >= 0.6 is 15.9 Å². The molecule has 0 spiro atoms. The van der Waals surface area contributed by atoms with Crippen molar-refractivity contribution in [2.45, 2.75) is 6.92 Å². The van der Waals surface area contributed by atoms with E-state index in [1.165, 1.54) is 17.0 Å². The lowest BCUT2D eigenvalue weighted by molar-refractivity contribution is -0.143. The van der Waals surface area contributed by atoms with Crippen LogP contribution < -0.4 is 0 Å². The van der Waals surface area contributed by atoms with Crippen LogP contribution in [0, 0.1) is 0 Å². The summed E-state index contributed by atoms with van der Waals surface area (Å²) in [7, 11) is 0. The van der Waals surface area contributed by atoms with E-state index in [-0.39, 0.29) is 36.9 Å². The maximum absolute atomic E-state index is 12.3. The van der Waals surface area contributed by atoms with Gasteiger partial charge in [-0.3, -0.25) is 9.59 Å². The van der Waals surface area contributed by atoms with Gasteiger partial charge < -0.3 is 14.7 Å². The Morgan fingerprint density at radius 3 is 2.75 bits per heavy atom. The van der Waals surface area contributed by atoms with Gasteiger partial charge in [0.05, 0.1) is 11.1 Å². The fraction of sp³-hybridized carbons (Fsp3) is 0.286. The molecular weight excluding hydrogens is 326 g/mol.